The lowest BCUT2D eigenvalue weighted by Gasteiger charge is -2.40. The number of hydrogen-bond acceptors (Lipinski definition) is 3. The molecule has 3 aromatic carbocycles. The molecule has 3 aromatic rings. The molecule has 5 heteroatoms. The molecule has 0 aliphatic carbocycles. The van der Waals surface area contributed by atoms with Crippen molar-refractivity contribution >= 4 is 11.8 Å². The Labute approximate surface area is 188 Å². The molecule has 1 saturated heterocycles. The number of nitrogens with two attached hydrogens (primary N) is 1. The summed E-state index contributed by atoms with van der Waals surface area (Å²) in [6.07, 6.45) is 1.67. The van der Waals surface area contributed by atoms with Crippen molar-refractivity contribution in [3.63, 3.8) is 0 Å². The lowest BCUT2D eigenvalue weighted by molar-refractivity contribution is -0.130. The average molecular weight is 429 g/mol. The third-order valence-corrected chi connectivity index (χ3v) is 6.47. The van der Waals surface area contributed by atoms with E-state index in [2.05, 4.69) is 36.4 Å². The summed E-state index contributed by atoms with van der Waals surface area (Å²) in [6, 6.07) is 25.7. The second-order valence-electron chi connectivity index (χ2n) is 8.38. The Kier molecular flexibility index (Phi) is 6.26. The molecule has 0 radical (unpaired) electrons. The summed E-state index contributed by atoms with van der Waals surface area (Å²) in [5.41, 5.74) is 9.15. The van der Waals surface area contributed by atoms with Gasteiger partial charge in [-0.1, -0.05) is 66.7 Å². The number of para-hydroxylation sites is 1. The van der Waals surface area contributed by atoms with Crippen LogP contribution >= 0.6 is 0 Å². The average Bonchev–Trinajstić information content (AvgIpc) is 2.85. The molecule has 5 nitrogen and oxygen atoms in total. The maximum Gasteiger partial charge on any atom is 0.257 e. The van der Waals surface area contributed by atoms with E-state index >= 15 is 0 Å². The highest BCUT2D eigenvalue weighted by Gasteiger charge is 2.41. The molecule has 2 amide bonds. The zero-order chi connectivity index (χ0) is 22.6. The topological polar surface area (TPSA) is 72.6 Å². The number of ether oxygens (including phenoxy) is 1. The van der Waals surface area contributed by atoms with E-state index < -0.39 is 5.41 Å². The number of amides is 2. The summed E-state index contributed by atoms with van der Waals surface area (Å²) < 4.78 is 5.34. The monoisotopic (exact) mass is 428 g/mol. The van der Waals surface area contributed by atoms with E-state index in [1.807, 2.05) is 30.3 Å². The quantitative estimate of drug-likeness (QED) is 0.636. The number of nitrogens with zero attached hydrogens (tertiary/aromatic N) is 1. The van der Waals surface area contributed by atoms with Gasteiger partial charge in [-0.3, -0.25) is 9.59 Å². The standard InChI is InChI=1S/C27H28N2O3/c1-32-24-10-6-5-9-23(24)25(30)29-17-15-27(16-18-29,26(28)31)19-20-11-13-22(14-12-20)21-7-3-2-4-8-21/h2-14H,15-19H2,1H3,(H2,28,31). The molecule has 0 atom stereocenters. The van der Waals surface area contributed by atoms with Gasteiger partial charge in [0.1, 0.15) is 5.75 Å². The van der Waals surface area contributed by atoms with E-state index in [1.165, 1.54) is 0 Å². The Hall–Kier alpha value is -3.60. The van der Waals surface area contributed by atoms with Crippen LogP contribution in [0.25, 0.3) is 11.1 Å². The van der Waals surface area contributed by atoms with Crippen molar-refractivity contribution in [2.45, 2.75) is 19.3 Å². The van der Waals surface area contributed by atoms with E-state index in [4.69, 9.17) is 10.5 Å². The van der Waals surface area contributed by atoms with Crippen LogP contribution in [0.1, 0.15) is 28.8 Å². The molecule has 0 bridgehead atoms. The molecule has 0 saturated carbocycles. The second kappa shape index (κ2) is 9.27. The van der Waals surface area contributed by atoms with Gasteiger partial charge in [0, 0.05) is 13.1 Å². The van der Waals surface area contributed by atoms with Gasteiger partial charge < -0.3 is 15.4 Å². The molecule has 2 N–H and O–H groups in total. The number of rotatable bonds is 6. The number of carbonyl (C=O) groups is 2. The summed E-state index contributed by atoms with van der Waals surface area (Å²) in [5.74, 6) is 0.185. The third-order valence-electron chi connectivity index (χ3n) is 6.47. The van der Waals surface area contributed by atoms with Crippen LogP contribution in [0.15, 0.2) is 78.9 Å². The smallest absolute Gasteiger partial charge is 0.257 e. The van der Waals surface area contributed by atoms with E-state index in [0.29, 0.717) is 43.7 Å². The van der Waals surface area contributed by atoms with Crippen molar-refractivity contribution in [3.05, 3.63) is 90.0 Å². The maximum atomic E-state index is 13.0. The zero-order valence-corrected chi connectivity index (χ0v) is 18.3. The normalized spacial score (nSPS) is 15.2. The van der Waals surface area contributed by atoms with E-state index in [0.717, 1.165) is 16.7 Å². The Morgan fingerprint density at radius 3 is 2.09 bits per heavy atom. The van der Waals surface area contributed by atoms with Crippen molar-refractivity contribution in [3.8, 4) is 16.9 Å². The van der Waals surface area contributed by atoms with E-state index in [-0.39, 0.29) is 11.8 Å². The van der Waals surface area contributed by atoms with Gasteiger partial charge >= 0.3 is 0 Å². The summed E-state index contributed by atoms with van der Waals surface area (Å²) >= 11 is 0. The summed E-state index contributed by atoms with van der Waals surface area (Å²) in [4.78, 5) is 27.3. The fourth-order valence-corrected chi connectivity index (χ4v) is 4.48. The second-order valence-corrected chi connectivity index (χ2v) is 8.38. The zero-order valence-electron chi connectivity index (χ0n) is 18.3. The number of hydrogen-bond donors (Lipinski definition) is 1. The molecule has 0 spiro atoms. The van der Waals surface area contributed by atoms with E-state index in [9.17, 15) is 9.59 Å². The lowest BCUT2D eigenvalue weighted by Crippen LogP contribution is -2.49. The van der Waals surface area contributed by atoms with Gasteiger partial charge in [0.15, 0.2) is 0 Å². The minimum Gasteiger partial charge on any atom is -0.496 e. The summed E-state index contributed by atoms with van der Waals surface area (Å²) in [7, 11) is 1.56. The van der Waals surface area contributed by atoms with Crippen molar-refractivity contribution in [2.24, 2.45) is 11.1 Å². The highest BCUT2D eigenvalue weighted by Crippen LogP contribution is 2.36. The van der Waals surface area contributed by atoms with Gasteiger partial charge in [-0.25, -0.2) is 0 Å². The Morgan fingerprint density at radius 2 is 1.47 bits per heavy atom. The molecule has 4 rings (SSSR count). The van der Waals surface area contributed by atoms with Crippen LogP contribution in [0.4, 0.5) is 0 Å². The number of carbonyl (C=O) groups excluding carboxylic acids is 2. The van der Waals surface area contributed by atoms with Crippen molar-refractivity contribution in [2.75, 3.05) is 20.2 Å². The van der Waals surface area contributed by atoms with Crippen LogP contribution < -0.4 is 10.5 Å². The first kappa shape index (κ1) is 21.6. The van der Waals surface area contributed by atoms with Crippen LogP contribution in [-0.2, 0) is 11.2 Å². The third kappa shape index (κ3) is 4.37. The van der Waals surface area contributed by atoms with Gasteiger partial charge in [0.25, 0.3) is 5.91 Å². The molecule has 0 aromatic heterocycles. The largest absolute Gasteiger partial charge is 0.496 e. The lowest BCUT2D eigenvalue weighted by atomic mass is 9.73. The fraction of sp³-hybridized carbons (Fsp3) is 0.259. The Balaban J connectivity index is 1.46. The highest BCUT2D eigenvalue weighted by molar-refractivity contribution is 5.97. The summed E-state index contributed by atoms with van der Waals surface area (Å²) in [5, 5.41) is 0. The molecule has 1 heterocycles. The first-order valence-electron chi connectivity index (χ1n) is 10.9. The van der Waals surface area contributed by atoms with E-state index in [1.54, 1.807) is 24.1 Å². The molecule has 32 heavy (non-hydrogen) atoms. The maximum absolute atomic E-state index is 13.0. The van der Waals surface area contributed by atoms with Crippen molar-refractivity contribution in [1.29, 1.82) is 0 Å². The minimum atomic E-state index is -0.647. The van der Waals surface area contributed by atoms with Crippen LogP contribution in [0, 0.1) is 5.41 Å². The molecule has 0 unspecified atom stereocenters. The highest BCUT2D eigenvalue weighted by atomic mass is 16.5. The van der Waals surface area contributed by atoms with Crippen molar-refractivity contribution in [1.82, 2.24) is 4.90 Å². The van der Waals surface area contributed by atoms with Gasteiger partial charge in [0.2, 0.25) is 5.91 Å². The molecule has 1 fully saturated rings. The molecule has 1 aliphatic heterocycles. The number of methoxy groups -OCH3 is 1. The summed E-state index contributed by atoms with van der Waals surface area (Å²) in [6.45, 7) is 0.976. The first-order chi connectivity index (χ1) is 15.5. The van der Waals surface area contributed by atoms with Crippen molar-refractivity contribution < 1.29 is 14.3 Å². The number of primary amides is 1. The minimum absolute atomic E-state index is 0.0762. The first-order valence-corrected chi connectivity index (χ1v) is 10.9. The number of piperidine rings is 1. The van der Waals surface area contributed by atoms with Gasteiger partial charge in [-0.05, 0) is 48.1 Å². The van der Waals surface area contributed by atoms with Gasteiger partial charge in [-0.2, -0.15) is 0 Å². The molecular weight excluding hydrogens is 400 g/mol. The van der Waals surface area contributed by atoms with Crippen LogP contribution in [0.3, 0.4) is 0 Å². The SMILES string of the molecule is COc1ccccc1C(=O)N1CCC(Cc2ccc(-c3ccccc3)cc2)(C(N)=O)CC1. The predicted octanol–water partition coefficient (Wildman–Crippen LogP) is 4.31. The molecular formula is C27H28N2O3. The number of likely N-dealkylation sites (tertiary alicyclic amines) is 1. The van der Waals surface area contributed by atoms with Gasteiger partial charge in [-0.15, -0.1) is 0 Å². The fourth-order valence-electron chi connectivity index (χ4n) is 4.48. The Morgan fingerprint density at radius 1 is 0.875 bits per heavy atom. The van der Waals surface area contributed by atoms with Crippen LogP contribution in [0.5, 0.6) is 5.75 Å². The van der Waals surface area contributed by atoms with Crippen LogP contribution in [0.2, 0.25) is 0 Å². The number of benzene rings is 3. The molecule has 1 aliphatic rings. The predicted molar refractivity (Wildman–Crippen MR) is 125 cm³/mol. The van der Waals surface area contributed by atoms with Gasteiger partial charge in [0.05, 0.1) is 18.1 Å². The Bertz CT molecular complexity index is 1090. The van der Waals surface area contributed by atoms with Crippen LogP contribution in [-0.4, -0.2) is 36.9 Å². The molecule has 164 valence electrons.